The molecular formula is C16H20N2O2. The molecule has 1 aromatic heterocycles. The highest BCUT2D eigenvalue weighted by atomic mass is 16.5. The van der Waals surface area contributed by atoms with E-state index in [0.29, 0.717) is 13.1 Å². The summed E-state index contributed by atoms with van der Waals surface area (Å²) in [4.78, 5) is 12.3. The minimum atomic E-state index is 0.166. The quantitative estimate of drug-likeness (QED) is 0.853. The van der Waals surface area contributed by atoms with Crippen LogP contribution in [0.3, 0.4) is 0 Å². The Bertz CT molecular complexity index is 554. The van der Waals surface area contributed by atoms with Gasteiger partial charge in [0.15, 0.2) is 11.5 Å². The third kappa shape index (κ3) is 1.40. The van der Waals surface area contributed by atoms with Crippen molar-refractivity contribution in [2.75, 3.05) is 6.54 Å². The van der Waals surface area contributed by atoms with Gasteiger partial charge in [-0.2, -0.15) is 0 Å². The Labute approximate surface area is 118 Å². The number of aromatic nitrogens is 1. The second-order valence-corrected chi connectivity index (χ2v) is 7.55. The van der Waals surface area contributed by atoms with E-state index in [1.54, 1.807) is 0 Å². The standard InChI is InChI=1S/C16H20N2O2/c19-12-7-17-8-13-14(12)15(18-20-13)16-4-9-1-10(5-16)3-11(2-9)6-16/h9-11,17H,1-8H2. The van der Waals surface area contributed by atoms with Crippen molar-refractivity contribution >= 4 is 5.78 Å². The Morgan fingerprint density at radius 2 is 1.70 bits per heavy atom. The number of nitrogens with zero attached hydrogens (tertiary/aromatic N) is 1. The lowest BCUT2D eigenvalue weighted by atomic mass is 9.48. The van der Waals surface area contributed by atoms with E-state index >= 15 is 0 Å². The van der Waals surface area contributed by atoms with Gasteiger partial charge >= 0.3 is 0 Å². The molecule has 0 unspecified atom stereocenters. The summed E-state index contributed by atoms with van der Waals surface area (Å²) in [5, 5.41) is 7.50. The molecular weight excluding hydrogens is 252 g/mol. The Balaban J connectivity index is 1.63. The number of Topliss-reactive ketones (excluding diaryl/α,β-unsaturated/α-hetero) is 1. The molecule has 0 aromatic carbocycles. The summed E-state index contributed by atoms with van der Waals surface area (Å²) in [6.45, 7) is 1.09. The van der Waals surface area contributed by atoms with Crippen molar-refractivity contribution in [3.8, 4) is 0 Å². The van der Waals surface area contributed by atoms with Gasteiger partial charge in [-0.3, -0.25) is 4.79 Å². The van der Waals surface area contributed by atoms with Crippen LogP contribution in [0.5, 0.6) is 0 Å². The molecule has 0 spiro atoms. The summed E-state index contributed by atoms with van der Waals surface area (Å²) >= 11 is 0. The molecule has 20 heavy (non-hydrogen) atoms. The molecule has 4 heteroatoms. The molecule has 1 aromatic rings. The van der Waals surface area contributed by atoms with Crippen molar-refractivity contribution in [2.24, 2.45) is 17.8 Å². The maximum Gasteiger partial charge on any atom is 0.182 e. The van der Waals surface area contributed by atoms with Crippen LogP contribution in [0, 0.1) is 17.8 Å². The average molecular weight is 272 g/mol. The first-order valence-corrected chi connectivity index (χ1v) is 7.96. The van der Waals surface area contributed by atoms with Crippen LogP contribution in [0.4, 0.5) is 0 Å². The third-order valence-electron chi connectivity index (χ3n) is 6.15. The van der Waals surface area contributed by atoms with Crippen molar-refractivity contribution in [3.05, 3.63) is 17.0 Å². The molecule has 4 aliphatic carbocycles. The Morgan fingerprint density at radius 3 is 2.35 bits per heavy atom. The van der Waals surface area contributed by atoms with Gasteiger partial charge in [0.1, 0.15) is 5.69 Å². The van der Waals surface area contributed by atoms with Crippen molar-refractivity contribution in [3.63, 3.8) is 0 Å². The molecule has 4 nitrogen and oxygen atoms in total. The van der Waals surface area contributed by atoms with Crippen LogP contribution in [-0.2, 0) is 12.0 Å². The fourth-order valence-electron chi connectivity index (χ4n) is 5.87. The van der Waals surface area contributed by atoms with Gasteiger partial charge in [-0.15, -0.1) is 0 Å². The van der Waals surface area contributed by atoms with Gasteiger partial charge in [-0.05, 0) is 56.3 Å². The summed E-state index contributed by atoms with van der Waals surface area (Å²) in [7, 11) is 0. The molecule has 0 radical (unpaired) electrons. The zero-order chi connectivity index (χ0) is 13.3. The summed E-state index contributed by atoms with van der Waals surface area (Å²) in [6.07, 6.45) is 7.94. The molecule has 4 saturated carbocycles. The van der Waals surface area contributed by atoms with Crippen LogP contribution in [-0.4, -0.2) is 17.5 Å². The van der Waals surface area contributed by atoms with Crippen LogP contribution in [0.1, 0.15) is 60.3 Å². The Hall–Kier alpha value is -1.16. The van der Waals surface area contributed by atoms with Crippen molar-refractivity contribution < 1.29 is 9.32 Å². The number of ketones is 1. The largest absolute Gasteiger partial charge is 0.359 e. The van der Waals surface area contributed by atoms with Crippen LogP contribution in [0.2, 0.25) is 0 Å². The molecule has 2 heterocycles. The van der Waals surface area contributed by atoms with E-state index in [-0.39, 0.29) is 11.2 Å². The minimum Gasteiger partial charge on any atom is -0.359 e. The van der Waals surface area contributed by atoms with E-state index in [4.69, 9.17) is 4.52 Å². The van der Waals surface area contributed by atoms with Crippen molar-refractivity contribution in [1.82, 2.24) is 10.5 Å². The first kappa shape index (κ1) is 11.5. The van der Waals surface area contributed by atoms with Gasteiger partial charge in [-0.25, -0.2) is 0 Å². The van der Waals surface area contributed by atoms with Crippen LogP contribution in [0.25, 0.3) is 0 Å². The number of hydrogen-bond donors (Lipinski definition) is 1. The maximum absolute atomic E-state index is 12.3. The zero-order valence-corrected chi connectivity index (χ0v) is 11.7. The highest BCUT2D eigenvalue weighted by molar-refractivity contribution is 6.00. The second-order valence-electron chi connectivity index (χ2n) is 7.55. The summed E-state index contributed by atoms with van der Waals surface area (Å²) < 4.78 is 5.51. The maximum atomic E-state index is 12.3. The zero-order valence-electron chi connectivity index (χ0n) is 11.7. The molecule has 106 valence electrons. The van der Waals surface area contributed by atoms with Gasteiger partial charge in [0.25, 0.3) is 0 Å². The van der Waals surface area contributed by atoms with Crippen LogP contribution in [0.15, 0.2) is 4.52 Å². The molecule has 4 bridgehead atoms. The normalized spacial score (nSPS) is 42.0. The van der Waals surface area contributed by atoms with Crippen LogP contribution >= 0.6 is 0 Å². The fraction of sp³-hybridized carbons (Fsp3) is 0.750. The molecule has 0 atom stereocenters. The Morgan fingerprint density at radius 1 is 1.05 bits per heavy atom. The van der Waals surface area contributed by atoms with E-state index in [1.807, 2.05) is 0 Å². The number of nitrogens with one attached hydrogen (secondary N) is 1. The fourth-order valence-corrected chi connectivity index (χ4v) is 5.87. The van der Waals surface area contributed by atoms with E-state index < -0.39 is 0 Å². The van der Waals surface area contributed by atoms with Crippen LogP contribution < -0.4 is 5.32 Å². The van der Waals surface area contributed by atoms with Gasteiger partial charge in [0.05, 0.1) is 18.7 Å². The average Bonchev–Trinajstić information content (AvgIpc) is 2.83. The first-order chi connectivity index (χ1) is 9.73. The van der Waals surface area contributed by atoms with E-state index in [2.05, 4.69) is 10.5 Å². The third-order valence-corrected chi connectivity index (χ3v) is 6.15. The highest BCUT2D eigenvalue weighted by Gasteiger charge is 2.54. The number of fused-ring (bicyclic) bond motifs is 1. The molecule has 1 N–H and O–H groups in total. The Kier molecular flexibility index (Phi) is 2.14. The molecule has 4 fully saturated rings. The lowest BCUT2D eigenvalue weighted by molar-refractivity contribution is -0.00875. The van der Waals surface area contributed by atoms with E-state index in [9.17, 15) is 4.79 Å². The highest BCUT2D eigenvalue weighted by Crippen LogP contribution is 2.61. The van der Waals surface area contributed by atoms with Gasteiger partial charge in [0.2, 0.25) is 0 Å². The predicted molar refractivity (Wildman–Crippen MR) is 72.4 cm³/mol. The second kappa shape index (κ2) is 3.73. The smallest absolute Gasteiger partial charge is 0.182 e. The van der Waals surface area contributed by atoms with E-state index in [1.165, 1.54) is 38.5 Å². The lowest BCUT2D eigenvalue weighted by Gasteiger charge is -2.56. The topological polar surface area (TPSA) is 55.1 Å². The summed E-state index contributed by atoms with van der Waals surface area (Å²) in [6, 6.07) is 0. The van der Waals surface area contributed by atoms with E-state index in [0.717, 1.165) is 34.8 Å². The molecule has 0 amide bonds. The van der Waals surface area contributed by atoms with Crippen molar-refractivity contribution in [2.45, 2.75) is 50.5 Å². The number of carbonyl (C=O) groups excluding carboxylic acids is 1. The number of rotatable bonds is 1. The van der Waals surface area contributed by atoms with Crippen molar-refractivity contribution in [1.29, 1.82) is 0 Å². The van der Waals surface area contributed by atoms with Gasteiger partial charge < -0.3 is 9.84 Å². The van der Waals surface area contributed by atoms with Gasteiger partial charge in [-0.1, -0.05) is 5.16 Å². The monoisotopic (exact) mass is 272 g/mol. The summed E-state index contributed by atoms with van der Waals surface area (Å²) in [5.74, 6) is 3.55. The molecule has 0 saturated heterocycles. The SMILES string of the molecule is O=C1CNCc2onc(C34CC5CC(CC(C5)C3)C4)c21. The van der Waals surface area contributed by atoms with Gasteiger partial charge in [0, 0.05) is 5.41 Å². The number of carbonyl (C=O) groups is 1. The molecule has 1 aliphatic heterocycles. The molecule has 5 aliphatic rings. The lowest BCUT2D eigenvalue weighted by Crippen LogP contribution is -2.49. The minimum absolute atomic E-state index is 0.166. The first-order valence-electron chi connectivity index (χ1n) is 7.96. The number of hydrogen-bond acceptors (Lipinski definition) is 4. The predicted octanol–water partition coefficient (Wildman–Crippen LogP) is 2.43. The molecule has 6 rings (SSSR count). The summed E-state index contributed by atoms with van der Waals surface area (Å²) in [5.41, 5.74) is 2.03.